The van der Waals surface area contributed by atoms with Crippen molar-refractivity contribution in [3.63, 3.8) is 0 Å². The molecular formula is C14H19N3O2. The Morgan fingerprint density at radius 1 is 1.37 bits per heavy atom. The Balaban J connectivity index is 2.28. The molecule has 0 amide bonds. The number of hydrogen-bond donors (Lipinski definition) is 3. The largest absolute Gasteiger partial charge is 0.491 e. The van der Waals surface area contributed by atoms with Crippen molar-refractivity contribution in [2.24, 2.45) is 5.73 Å². The third kappa shape index (κ3) is 3.56. The Morgan fingerprint density at radius 2 is 2.26 bits per heavy atom. The van der Waals surface area contributed by atoms with Gasteiger partial charge in [-0.3, -0.25) is 4.98 Å². The smallest absolute Gasteiger partial charge is 0.122 e. The first kappa shape index (κ1) is 13.6. The number of pyridine rings is 1. The summed E-state index contributed by atoms with van der Waals surface area (Å²) in [5.41, 5.74) is 7.34. The molecule has 1 aromatic carbocycles. The molecule has 0 bridgehead atoms. The van der Waals surface area contributed by atoms with E-state index < -0.39 is 0 Å². The second kappa shape index (κ2) is 6.92. The molecule has 0 aliphatic carbocycles. The van der Waals surface area contributed by atoms with E-state index >= 15 is 0 Å². The molecule has 0 saturated heterocycles. The standard InChI is InChI=1S/C14H19N3O2/c15-4-2-6-16-13-10-12(19-8-7-18)9-11-3-1-5-17-14(11)13/h1,3,5,9-10,16,18H,2,4,6-8,15H2. The van der Waals surface area contributed by atoms with Gasteiger partial charge in [0.2, 0.25) is 0 Å². The maximum atomic E-state index is 8.82. The zero-order valence-corrected chi connectivity index (χ0v) is 10.8. The summed E-state index contributed by atoms with van der Waals surface area (Å²) in [7, 11) is 0. The summed E-state index contributed by atoms with van der Waals surface area (Å²) >= 11 is 0. The van der Waals surface area contributed by atoms with Crippen molar-refractivity contribution in [1.82, 2.24) is 4.98 Å². The lowest BCUT2D eigenvalue weighted by Gasteiger charge is -2.12. The lowest BCUT2D eigenvalue weighted by molar-refractivity contribution is 0.201. The molecule has 2 aromatic rings. The topological polar surface area (TPSA) is 80.4 Å². The van der Waals surface area contributed by atoms with Gasteiger partial charge >= 0.3 is 0 Å². The maximum Gasteiger partial charge on any atom is 0.122 e. The van der Waals surface area contributed by atoms with Crippen LogP contribution in [0.2, 0.25) is 0 Å². The van der Waals surface area contributed by atoms with E-state index in [0.717, 1.165) is 35.3 Å². The van der Waals surface area contributed by atoms with Crippen LogP contribution in [0.3, 0.4) is 0 Å². The van der Waals surface area contributed by atoms with Gasteiger partial charge in [0.25, 0.3) is 0 Å². The normalized spacial score (nSPS) is 10.6. The first-order valence-electron chi connectivity index (χ1n) is 6.41. The second-order valence-electron chi connectivity index (χ2n) is 4.19. The molecule has 19 heavy (non-hydrogen) atoms. The highest BCUT2D eigenvalue weighted by Crippen LogP contribution is 2.27. The number of rotatable bonds is 7. The molecule has 102 valence electrons. The van der Waals surface area contributed by atoms with Crippen LogP contribution in [-0.2, 0) is 0 Å². The SMILES string of the molecule is NCCCNc1cc(OCCO)cc2cccnc12. The van der Waals surface area contributed by atoms with Crippen LogP contribution in [-0.4, -0.2) is 36.4 Å². The lowest BCUT2D eigenvalue weighted by atomic mass is 10.1. The molecule has 2 rings (SSSR count). The van der Waals surface area contributed by atoms with Crippen molar-refractivity contribution < 1.29 is 9.84 Å². The van der Waals surface area contributed by atoms with Crippen LogP contribution in [0.5, 0.6) is 5.75 Å². The van der Waals surface area contributed by atoms with E-state index in [-0.39, 0.29) is 13.2 Å². The fourth-order valence-corrected chi connectivity index (χ4v) is 1.87. The summed E-state index contributed by atoms with van der Waals surface area (Å²) in [6.07, 6.45) is 2.67. The minimum absolute atomic E-state index is 0.00100. The fourth-order valence-electron chi connectivity index (χ4n) is 1.87. The predicted octanol–water partition coefficient (Wildman–Crippen LogP) is 1.37. The van der Waals surface area contributed by atoms with E-state index in [4.69, 9.17) is 15.6 Å². The number of nitrogens with zero attached hydrogens (tertiary/aromatic N) is 1. The van der Waals surface area contributed by atoms with Crippen molar-refractivity contribution in [2.45, 2.75) is 6.42 Å². The zero-order chi connectivity index (χ0) is 13.5. The maximum absolute atomic E-state index is 8.82. The van der Waals surface area contributed by atoms with Gasteiger partial charge in [0.1, 0.15) is 12.4 Å². The number of nitrogens with two attached hydrogens (primary N) is 1. The summed E-state index contributed by atoms with van der Waals surface area (Å²) in [6.45, 7) is 1.74. The summed E-state index contributed by atoms with van der Waals surface area (Å²) in [5.74, 6) is 0.727. The van der Waals surface area contributed by atoms with Crippen molar-refractivity contribution in [3.05, 3.63) is 30.5 Å². The predicted molar refractivity (Wildman–Crippen MR) is 76.5 cm³/mol. The van der Waals surface area contributed by atoms with Crippen LogP contribution in [0.4, 0.5) is 5.69 Å². The van der Waals surface area contributed by atoms with Gasteiger partial charge in [-0.15, -0.1) is 0 Å². The number of aliphatic hydroxyl groups excluding tert-OH is 1. The highest BCUT2D eigenvalue weighted by atomic mass is 16.5. The highest BCUT2D eigenvalue weighted by molar-refractivity contribution is 5.91. The van der Waals surface area contributed by atoms with Crippen LogP contribution in [0, 0.1) is 0 Å². The van der Waals surface area contributed by atoms with Gasteiger partial charge < -0.3 is 20.9 Å². The van der Waals surface area contributed by atoms with Gasteiger partial charge in [-0.05, 0) is 25.1 Å². The second-order valence-corrected chi connectivity index (χ2v) is 4.19. The first-order chi connectivity index (χ1) is 9.35. The number of ether oxygens (including phenoxy) is 1. The molecule has 0 aliphatic rings. The minimum Gasteiger partial charge on any atom is -0.491 e. The molecule has 5 nitrogen and oxygen atoms in total. The summed E-state index contributed by atoms with van der Waals surface area (Å²) < 4.78 is 5.47. The van der Waals surface area contributed by atoms with Gasteiger partial charge in [0, 0.05) is 24.2 Å². The third-order valence-electron chi connectivity index (χ3n) is 2.73. The quantitative estimate of drug-likeness (QED) is 0.656. The van der Waals surface area contributed by atoms with Gasteiger partial charge in [-0.1, -0.05) is 6.07 Å². The highest BCUT2D eigenvalue weighted by Gasteiger charge is 2.05. The first-order valence-corrected chi connectivity index (χ1v) is 6.41. The molecule has 0 unspecified atom stereocenters. The molecule has 0 radical (unpaired) electrons. The number of benzene rings is 1. The minimum atomic E-state index is 0.00100. The van der Waals surface area contributed by atoms with Crippen molar-refractivity contribution in [2.75, 3.05) is 31.6 Å². The van der Waals surface area contributed by atoms with E-state index in [1.165, 1.54) is 0 Å². The lowest BCUT2D eigenvalue weighted by Crippen LogP contribution is -2.09. The Hall–Kier alpha value is -1.85. The summed E-state index contributed by atoms with van der Waals surface area (Å²) in [6, 6.07) is 7.71. The monoisotopic (exact) mass is 261 g/mol. The molecule has 0 atom stereocenters. The van der Waals surface area contributed by atoms with E-state index in [1.807, 2.05) is 24.3 Å². The molecule has 0 saturated carbocycles. The van der Waals surface area contributed by atoms with Crippen molar-refractivity contribution in [1.29, 1.82) is 0 Å². The van der Waals surface area contributed by atoms with Crippen LogP contribution in [0.1, 0.15) is 6.42 Å². The van der Waals surface area contributed by atoms with E-state index in [0.29, 0.717) is 6.54 Å². The number of fused-ring (bicyclic) bond motifs is 1. The van der Waals surface area contributed by atoms with Crippen LogP contribution >= 0.6 is 0 Å². The Bertz CT molecular complexity index is 531. The number of hydrogen-bond acceptors (Lipinski definition) is 5. The number of anilines is 1. The summed E-state index contributed by atoms with van der Waals surface area (Å²) in [5, 5.41) is 13.1. The molecule has 1 aromatic heterocycles. The molecule has 0 spiro atoms. The van der Waals surface area contributed by atoms with E-state index in [2.05, 4.69) is 10.3 Å². The molecule has 0 fully saturated rings. The molecule has 0 aliphatic heterocycles. The van der Waals surface area contributed by atoms with Gasteiger partial charge in [-0.25, -0.2) is 0 Å². The average Bonchev–Trinajstić information content (AvgIpc) is 2.45. The zero-order valence-electron chi connectivity index (χ0n) is 10.8. The Morgan fingerprint density at radius 3 is 3.05 bits per heavy atom. The average molecular weight is 261 g/mol. The fraction of sp³-hybridized carbons (Fsp3) is 0.357. The van der Waals surface area contributed by atoms with Crippen LogP contribution in [0.15, 0.2) is 30.5 Å². The van der Waals surface area contributed by atoms with Gasteiger partial charge in [0.05, 0.1) is 17.8 Å². The van der Waals surface area contributed by atoms with Crippen LogP contribution < -0.4 is 15.8 Å². The Labute approximate surface area is 112 Å². The number of aliphatic hydroxyl groups is 1. The number of nitrogens with one attached hydrogen (secondary N) is 1. The van der Waals surface area contributed by atoms with Crippen molar-refractivity contribution in [3.8, 4) is 5.75 Å². The molecular weight excluding hydrogens is 242 g/mol. The van der Waals surface area contributed by atoms with Crippen LogP contribution in [0.25, 0.3) is 10.9 Å². The van der Waals surface area contributed by atoms with Crippen molar-refractivity contribution >= 4 is 16.6 Å². The van der Waals surface area contributed by atoms with E-state index in [1.54, 1.807) is 6.20 Å². The van der Waals surface area contributed by atoms with E-state index in [9.17, 15) is 0 Å². The summed E-state index contributed by atoms with van der Waals surface area (Å²) in [4.78, 5) is 4.38. The Kier molecular flexibility index (Phi) is 4.94. The molecule has 5 heteroatoms. The molecule has 4 N–H and O–H groups in total. The molecule has 1 heterocycles. The van der Waals surface area contributed by atoms with Gasteiger partial charge in [-0.2, -0.15) is 0 Å². The third-order valence-corrected chi connectivity index (χ3v) is 2.73. The van der Waals surface area contributed by atoms with Gasteiger partial charge in [0.15, 0.2) is 0 Å². The number of aromatic nitrogens is 1.